The lowest BCUT2D eigenvalue weighted by Crippen LogP contribution is -2.00. The molecule has 0 aliphatic heterocycles. The summed E-state index contributed by atoms with van der Waals surface area (Å²) in [6.07, 6.45) is 6.78. The van der Waals surface area contributed by atoms with E-state index in [9.17, 15) is 5.11 Å². The van der Waals surface area contributed by atoms with Crippen LogP contribution in [-0.4, -0.2) is 24.9 Å². The van der Waals surface area contributed by atoms with Crippen LogP contribution in [0.3, 0.4) is 0 Å². The monoisotopic (exact) mass is 324 g/mol. The van der Waals surface area contributed by atoms with Gasteiger partial charge in [0.25, 0.3) is 0 Å². The summed E-state index contributed by atoms with van der Waals surface area (Å²) < 4.78 is 11.2. The molecule has 0 heterocycles. The highest BCUT2D eigenvalue weighted by Crippen LogP contribution is 2.14. The number of hydrogen-bond acceptors (Lipinski definition) is 3. The summed E-state index contributed by atoms with van der Waals surface area (Å²) in [6, 6.07) is 17.1. The lowest BCUT2D eigenvalue weighted by Gasteiger charge is -2.08. The van der Waals surface area contributed by atoms with Crippen LogP contribution in [0.15, 0.2) is 66.4 Å². The van der Waals surface area contributed by atoms with Crippen LogP contribution in [0.5, 0.6) is 5.75 Å². The smallest absolute Gasteiger partial charge is 0.119 e. The Bertz CT molecular complexity index is 643. The van der Waals surface area contributed by atoms with Crippen LogP contribution in [-0.2, 0) is 9.47 Å². The van der Waals surface area contributed by atoms with Gasteiger partial charge in [0.2, 0.25) is 0 Å². The molecule has 3 nitrogen and oxygen atoms in total. The van der Waals surface area contributed by atoms with E-state index in [2.05, 4.69) is 0 Å². The number of rotatable bonds is 9. The first-order valence-corrected chi connectivity index (χ1v) is 8.22. The standard InChI is InChI=1S/C21H24O3/c1-2-23-15-6-16-24-21(17-19-7-4-3-5-8-19)14-11-18-9-12-20(22)13-10-18/h3-5,7-14,17,22H,2,6,15-16H2,1H3. The van der Waals surface area contributed by atoms with Gasteiger partial charge in [-0.15, -0.1) is 0 Å². The maximum Gasteiger partial charge on any atom is 0.119 e. The van der Waals surface area contributed by atoms with Gasteiger partial charge in [0.15, 0.2) is 0 Å². The molecule has 2 rings (SSSR count). The molecule has 0 aliphatic carbocycles. The van der Waals surface area contributed by atoms with Gasteiger partial charge >= 0.3 is 0 Å². The molecule has 2 aromatic rings. The Hall–Kier alpha value is -2.52. The first kappa shape index (κ1) is 17.8. The first-order chi connectivity index (χ1) is 11.8. The van der Waals surface area contributed by atoms with Crippen molar-refractivity contribution in [3.05, 3.63) is 77.6 Å². The molecule has 126 valence electrons. The third kappa shape index (κ3) is 6.71. The number of allylic oxidation sites excluding steroid dienone is 1. The van der Waals surface area contributed by atoms with Gasteiger partial charge in [-0.1, -0.05) is 48.5 Å². The zero-order chi connectivity index (χ0) is 17.0. The van der Waals surface area contributed by atoms with Gasteiger partial charge in [0.05, 0.1) is 6.61 Å². The Morgan fingerprint density at radius 1 is 0.958 bits per heavy atom. The van der Waals surface area contributed by atoms with Crippen molar-refractivity contribution >= 4 is 12.2 Å². The van der Waals surface area contributed by atoms with E-state index in [1.807, 2.05) is 67.6 Å². The van der Waals surface area contributed by atoms with Crippen LogP contribution < -0.4 is 0 Å². The fourth-order valence-corrected chi connectivity index (χ4v) is 2.11. The minimum Gasteiger partial charge on any atom is -0.508 e. The number of hydrogen-bond donors (Lipinski definition) is 1. The number of aromatic hydroxyl groups is 1. The van der Waals surface area contributed by atoms with E-state index in [0.29, 0.717) is 13.2 Å². The highest BCUT2D eigenvalue weighted by molar-refractivity contribution is 5.60. The van der Waals surface area contributed by atoms with Gasteiger partial charge in [0, 0.05) is 19.6 Å². The highest BCUT2D eigenvalue weighted by atomic mass is 16.5. The predicted octanol–water partition coefficient (Wildman–Crippen LogP) is 4.89. The van der Waals surface area contributed by atoms with Gasteiger partial charge in [-0.2, -0.15) is 0 Å². The third-order valence-corrected chi connectivity index (χ3v) is 3.35. The van der Waals surface area contributed by atoms with Crippen LogP contribution in [0.2, 0.25) is 0 Å². The summed E-state index contributed by atoms with van der Waals surface area (Å²) in [5.74, 6) is 1.06. The minimum absolute atomic E-state index is 0.263. The molecule has 1 N–H and O–H groups in total. The van der Waals surface area contributed by atoms with Crippen molar-refractivity contribution in [2.75, 3.05) is 19.8 Å². The molecular weight excluding hydrogens is 300 g/mol. The second kappa shape index (κ2) is 10.3. The second-order valence-electron chi connectivity index (χ2n) is 5.28. The molecule has 0 fully saturated rings. The van der Waals surface area contributed by atoms with Gasteiger partial charge in [-0.3, -0.25) is 0 Å². The Labute approximate surface area is 143 Å². The van der Waals surface area contributed by atoms with Crippen LogP contribution in [0, 0.1) is 0 Å². The Balaban J connectivity index is 2.04. The summed E-state index contributed by atoms with van der Waals surface area (Å²) >= 11 is 0. The molecule has 0 radical (unpaired) electrons. The highest BCUT2D eigenvalue weighted by Gasteiger charge is 1.97. The van der Waals surface area contributed by atoms with Crippen molar-refractivity contribution in [3.8, 4) is 5.75 Å². The Morgan fingerprint density at radius 3 is 2.42 bits per heavy atom. The number of phenolic OH excluding ortho intramolecular Hbond substituents is 1. The number of benzene rings is 2. The molecule has 0 aromatic heterocycles. The lowest BCUT2D eigenvalue weighted by molar-refractivity contribution is 0.118. The van der Waals surface area contributed by atoms with Crippen molar-refractivity contribution in [3.63, 3.8) is 0 Å². The molecule has 2 aromatic carbocycles. The predicted molar refractivity (Wildman–Crippen MR) is 98.6 cm³/mol. The van der Waals surface area contributed by atoms with Gasteiger partial charge in [-0.05, 0) is 42.3 Å². The SMILES string of the molecule is CCOCCCOC(C=Cc1ccc(O)cc1)=Cc1ccccc1. The topological polar surface area (TPSA) is 38.7 Å². The van der Waals surface area contributed by atoms with E-state index in [0.717, 1.165) is 29.9 Å². The molecule has 0 unspecified atom stereocenters. The van der Waals surface area contributed by atoms with Crippen molar-refractivity contribution in [2.45, 2.75) is 13.3 Å². The molecule has 0 spiro atoms. The van der Waals surface area contributed by atoms with E-state index < -0.39 is 0 Å². The van der Waals surface area contributed by atoms with Gasteiger partial charge < -0.3 is 14.6 Å². The van der Waals surface area contributed by atoms with Crippen molar-refractivity contribution in [2.24, 2.45) is 0 Å². The van der Waals surface area contributed by atoms with Crippen LogP contribution >= 0.6 is 0 Å². The second-order valence-corrected chi connectivity index (χ2v) is 5.28. The summed E-state index contributed by atoms with van der Waals surface area (Å²) in [5, 5.41) is 9.34. The molecule has 0 aliphatic rings. The Morgan fingerprint density at radius 2 is 1.71 bits per heavy atom. The van der Waals surface area contributed by atoms with Crippen LogP contribution in [0.4, 0.5) is 0 Å². The lowest BCUT2D eigenvalue weighted by atomic mass is 10.1. The molecule has 0 saturated heterocycles. The van der Waals surface area contributed by atoms with Crippen molar-refractivity contribution in [1.82, 2.24) is 0 Å². The van der Waals surface area contributed by atoms with Crippen LogP contribution in [0.25, 0.3) is 12.2 Å². The fourth-order valence-electron chi connectivity index (χ4n) is 2.11. The molecule has 0 saturated carbocycles. The maximum atomic E-state index is 9.34. The summed E-state index contributed by atoms with van der Waals surface area (Å²) in [6.45, 7) is 4.03. The van der Waals surface area contributed by atoms with Gasteiger partial charge in [0.1, 0.15) is 11.5 Å². The van der Waals surface area contributed by atoms with Gasteiger partial charge in [-0.25, -0.2) is 0 Å². The normalized spacial score (nSPS) is 11.8. The van der Waals surface area contributed by atoms with E-state index in [4.69, 9.17) is 9.47 Å². The fraction of sp³-hybridized carbons (Fsp3) is 0.238. The molecule has 3 heteroatoms. The quantitative estimate of drug-likeness (QED) is 0.405. The largest absolute Gasteiger partial charge is 0.508 e. The zero-order valence-electron chi connectivity index (χ0n) is 14.0. The van der Waals surface area contributed by atoms with E-state index in [-0.39, 0.29) is 5.75 Å². The molecule has 0 amide bonds. The number of phenols is 1. The van der Waals surface area contributed by atoms with E-state index >= 15 is 0 Å². The molecule has 0 atom stereocenters. The summed E-state index contributed by atoms with van der Waals surface area (Å²) in [7, 11) is 0. The summed E-state index contributed by atoms with van der Waals surface area (Å²) in [4.78, 5) is 0. The van der Waals surface area contributed by atoms with Crippen molar-refractivity contribution < 1.29 is 14.6 Å². The Kier molecular flexibility index (Phi) is 7.64. The van der Waals surface area contributed by atoms with E-state index in [1.165, 1.54) is 0 Å². The maximum absolute atomic E-state index is 9.34. The summed E-state index contributed by atoms with van der Waals surface area (Å²) in [5.41, 5.74) is 2.09. The molecule has 0 bridgehead atoms. The minimum atomic E-state index is 0.263. The average molecular weight is 324 g/mol. The van der Waals surface area contributed by atoms with Crippen LogP contribution in [0.1, 0.15) is 24.5 Å². The average Bonchev–Trinajstić information content (AvgIpc) is 2.61. The van der Waals surface area contributed by atoms with Crippen molar-refractivity contribution in [1.29, 1.82) is 0 Å². The first-order valence-electron chi connectivity index (χ1n) is 8.22. The molecular formula is C21H24O3. The zero-order valence-corrected chi connectivity index (χ0v) is 14.0. The third-order valence-electron chi connectivity index (χ3n) is 3.35. The van der Waals surface area contributed by atoms with E-state index in [1.54, 1.807) is 12.1 Å². The number of ether oxygens (including phenoxy) is 2. The molecule has 24 heavy (non-hydrogen) atoms.